The number of esters is 1. The van der Waals surface area contributed by atoms with Crippen molar-refractivity contribution in [2.24, 2.45) is 11.7 Å². The molecule has 1 aliphatic carbocycles. The highest BCUT2D eigenvalue weighted by Gasteiger charge is 2.31. The summed E-state index contributed by atoms with van der Waals surface area (Å²) in [7, 11) is 1.38. The van der Waals surface area contributed by atoms with E-state index in [1.165, 1.54) is 44.8 Å². The molecular weight excluding hydrogens is 486 g/mol. The quantitative estimate of drug-likeness (QED) is 0.168. The second kappa shape index (κ2) is 13.7. The summed E-state index contributed by atoms with van der Waals surface area (Å²) in [6.07, 6.45) is 7.88. The maximum absolute atomic E-state index is 13.5. The summed E-state index contributed by atoms with van der Waals surface area (Å²) in [5.41, 5.74) is 10.2. The molecule has 1 aliphatic rings. The molecule has 6 heteroatoms. The lowest BCUT2D eigenvalue weighted by Crippen LogP contribution is -2.45. The van der Waals surface area contributed by atoms with E-state index in [9.17, 15) is 9.59 Å². The van der Waals surface area contributed by atoms with E-state index in [1.807, 2.05) is 60.7 Å². The Bertz CT molecular complexity index is 1250. The standard InChI is InChI=1S/C33H39N3O3/c1-39-33(38)29(22-24-11-8-14-28(21-24)31(34)35)30(20-15-23-9-4-2-5-10-23)36-32(37)27-18-16-26(17-19-27)25-12-6-3-7-13-25/h2,4-5,8-11,14,16-19,21,25,29-30H,3,6-7,12-13,15,20,22H2,1H3,(H3,34,35)(H,36,37). The number of carbonyl (C=O) groups is 2. The van der Waals surface area contributed by atoms with Crippen LogP contribution in [0.15, 0.2) is 78.9 Å². The second-order valence-corrected chi connectivity index (χ2v) is 10.5. The number of nitrogens with one attached hydrogen (secondary N) is 2. The highest BCUT2D eigenvalue weighted by Crippen LogP contribution is 2.32. The van der Waals surface area contributed by atoms with Gasteiger partial charge in [-0.15, -0.1) is 0 Å². The normalized spacial score (nSPS) is 15.2. The van der Waals surface area contributed by atoms with Gasteiger partial charge in [-0.2, -0.15) is 0 Å². The molecule has 204 valence electrons. The zero-order chi connectivity index (χ0) is 27.6. The summed E-state index contributed by atoms with van der Waals surface area (Å²) in [6, 6.07) is 24.9. The highest BCUT2D eigenvalue weighted by atomic mass is 16.5. The van der Waals surface area contributed by atoms with Gasteiger partial charge in [0.1, 0.15) is 5.84 Å². The maximum Gasteiger partial charge on any atom is 0.311 e. The molecule has 0 spiro atoms. The van der Waals surface area contributed by atoms with Crippen LogP contribution in [0.2, 0.25) is 0 Å². The predicted octanol–water partition coefficient (Wildman–Crippen LogP) is 5.78. The lowest BCUT2D eigenvalue weighted by Gasteiger charge is -2.27. The van der Waals surface area contributed by atoms with Crippen molar-refractivity contribution in [2.45, 2.75) is 63.3 Å². The van der Waals surface area contributed by atoms with E-state index in [0.717, 1.165) is 11.1 Å². The third kappa shape index (κ3) is 7.79. The van der Waals surface area contributed by atoms with Crippen molar-refractivity contribution in [3.8, 4) is 0 Å². The number of hydrogen-bond donors (Lipinski definition) is 3. The first-order valence-electron chi connectivity index (χ1n) is 13.9. The average Bonchev–Trinajstić information content (AvgIpc) is 2.99. The smallest absolute Gasteiger partial charge is 0.311 e. The largest absolute Gasteiger partial charge is 0.469 e. The molecule has 1 fully saturated rings. The average molecular weight is 526 g/mol. The van der Waals surface area contributed by atoms with Crippen LogP contribution in [-0.4, -0.2) is 30.9 Å². The first-order valence-corrected chi connectivity index (χ1v) is 13.9. The Morgan fingerprint density at radius 2 is 1.62 bits per heavy atom. The Kier molecular flexibility index (Phi) is 9.90. The molecule has 0 saturated heterocycles. The van der Waals surface area contributed by atoms with Gasteiger partial charge < -0.3 is 15.8 Å². The molecule has 4 N–H and O–H groups in total. The molecule has 1 amide bonds. The first kappa shape index (κ1) is 28.1. The van der Waals surface area contributed by atoms with Gasteiger partial charge in [0.25, 0.3) is 5.91 Å². The zero-order valence-corrected chi connectivity index (χ0v) is 22.7. The van der Waals surface area contributed by atoms with Crippen molar-refractivity contribution in [2.75, 3.05) is 7.11 Å². The van der Waals surface area contributed by atoms with Crippen LogP contribution in [0.5, 0.6) is 0 Å². The lowest BCUT2D eigenvalue weighted by molar-refractivity contribution is -0.146. The lowest BCUT2D eigenvalue weighted by atomic mass is 9.84. The molecular formula is C33H39N3O3. The van der Waals surface area contributed by atoms with Crippen molar-refractivity contribution in [1.82, 2.24) is 5.32 Å². The van der Waals surface area contributed by atoms with Crippen LogP contribution in [0.4, 0.5) is 0 Å². The number of aryl methyl sites for hydroxylation is 1. The Balaban J connectivity index is 1.56. The van der Waals surface area contributed by atoms with Crippen LogP contribution in [0.1, 0.15) is 77.1 Å². The minimum absolute atomic E-state index is 0.0305. The summed E-state index contributed by atoms with van der Waals surface area (Å²) in [6.45, 7) is 0. The van der Waals surface area contributed by atoms with E-state index in [2.05, 4.69) is 17.4 Å². The van der Waals surface area contributed by atoms with Gasteiger partial charge in [0.05, 0.1) is 13.0 Å². The van der Waals surface area contributed by atoms with E-state index >= 15 is 0 Å². The molecule has 0 aliphatic heterocycles. The number of rotatable bonds is 11. The molecule has 2 atom stereocenters. The van der Waals surface area contributed by atoms with Gasteiger partial charge in [0.15, 0.2) is 0 Å². The van der Waals surface area contributed by atoms with E-state index in [1.54, 1.807) is 6.07 Å². The van der Waals surface area contributed by atoms with Gasteiger partial charge in [-0.25, -0.2) is 0 Å². The summed E-state index contributed by atoms with van der Waals surface area (Å²) in [4.78, 5) is 26.5. The number of amidine groups is 1. The zero-order valence-electron chi connectivity index (χ0n) is 22.7. The molecule has 4 rings (SSSR count). The Hall–Kier alpha value is -3.93. The molecule has 3 aromatic carbocycles. The molecule has 6 nitrogen and oxygen atoms in total. The number of benzene rings is 3. The third-order valence-corrected chi connectivity index (χ3v) is 7.84. The molecule has 0 aromatic heterocycles. The van der Waals surface area contributed by atoms with Crippen LogP contribution in [0.25, 0.3) is 0 Å². The van der Waals surface area contributed by atoms with Crippen LogP contribution in [-0.2, 0) is 22.4 Å². The van der Waals surface area contributed by atoms with Crippen LogP contribution >= 0.6 is 0 Å². The molecule has 0 bridgehead atoms. The van der Waals surface area contributed by atoms with Crippen molar-refractivity contribution in [3.05, 3.63) is 107 Å². The van der Waals surface area contributed by atoms with Gasteiger partial charge in [-0.05, 0) is 72.9 Å². The number of hydrogen-bond acceptors (Lipinski definition) is 4. The predicted molar refractivity (Wildman–Crippen MR) is 155 cm³/mol. The number of nitrogens with two attached hydrogens (primary N) is 1. The second-order valence-electron chi connectivity index (χ2n) is 10.5. The van der Waals surface area contributed by atoms with Crippen molar-refractivity contribution in [3.63, 3.8) is 0 Å². The summed E-state index contributed by atoms with van der Waals surface area (Å²) in [5.74, 6) is -0.642. The minimum Gasteiger partial charge on any atom is -0.469 e. The number of carbonyl (C=O) groups excluding carboxylic acids is 2. The molecule has 2 unspecified atom stereocenters. The Morgan fingerprint density at radius 1 is 0.923 bits per heavy atom. The molecule has 39 heavy (non-hydrogen) atoms. The fraction of sp³-hybridized carbons (Fsp3) is 0.364. The summed E-state index contributed by atoms with van der Waals surface area (Å²) >= 11 is 0. The summed E-state index contributed by atoms with van der Waals surface area (Å²) < 4.78 is 5.21. The first-order chi connectivity index (χ1) is 18.9. The van der Waals surface area contributed by atoms with Gasteiger partial charge >= 0.3 is 5.97 Å². The van der Waals surface area contributed by atoms with Gasteiger partial charge in [0.2, 0.25) is 0 Å². The third-order valence-electron chi connectivity index (χ3n) is 7.84. The maximum atomic E-state index is 13.5. The highest BCUT2D eigenvalue weighted by molar-refractivity contribution is 5.95. The monoisotopic (exact) mass is 525 g/mol. The fourth-order valence-corrected chi connectivity index (χ4v) is 5.60. The van der Waals surface area contributed by atoms with Crippen molar-refractivity contribution < 1.29 is 14.3 Å². The Labute approximate surface area is 231 Å². The molecule has 3 aromatic rings. The topological polar surface area (TPSA) is 105 Å². The van der Waals surface area contributed by atoms with Gasteiger partial charge in [0, 0.05) is 17.2 Å². The van der Waals surface area contributed by atoms with Gasteiger partial charge in [-0.1, -0.05) is 79.9 Å². The van der Waals surface area contributed by atoms with Crippen LogP contribution in [0, 0.1) is 11.3 Å². The number of ether oxygens (including phenoxy) is 1. The molecule has 0 heterocycles. The molecule has 1 saturated carbocycles. The SMILES string of the molecule is COC(=O)C(Cc1cccc(C(=N)N)c1)C(CCc1ccccc1)NC(=O)c1ccc(C2CCCCC2)cc1. The van der Waals surface area contributed by atoms with Crippen molar-refractivity contribution in [1.29, 1.82) is 5.41 Å². The summed E-state index contributed by atoms with van der Waals surface area (Å²) in [5, 5.41) is 10.9. The van der Waals surface area contributed by atoms with E-state index in [-0.39, 0.29) is 17.7 Å². The Morgan fingerprint density at radius 3 is 2.28 bits per heavy atom. The van der Waals surface area contributed by atoms with E-state index in [0.29, 0.717) is 36.3 Å². The minimum atomic E-state index is -0.605. The van der Waals surface area contributed by atoms with Crippen molar-refractivity contribution >= 4 is 17.7 Å². The number of amides is 1. The number of nitrogen functional groups attached to an aromatic ring is 1. The molecule has 0 radical (unpaired) electrons. The fourth-order valence-electron chi connectivity index (χ4n) is 5.60. The van der Waals surface area contributed by atoms with Crippen LogP contribution < -0.4 is 11.1 Å². The van der Waals surface area contributed by atoms with Crippen LogP contribution in [0.3, 0.4) is 0 Å². The number of methoxy groups -OCH3 is 1. The van der Waals surface area contributed by atoms with E-state index in [4.69, 9.17) is 15.9 Å². The van der Waals surface area contributed by atoms with Gasteiger partial charge in [-0.3, -0.25) is 15.0 Å². The van der Waals surface area contributed by atoms with E-state index < -0.39 is 12.0 Å².